The van der Waals surface area contributed by atoms with Crippen LogP contribution in [0.4, 0.5) is 0 Å². The van der Waals surface area contributed by atoms with E-state index in [1.165, 1.54) is 7.11 Å². The van der Waals surface area contributed by atoms with E-state index in [-0.39, 0.29) is 11.8 Å². The summed E-state index contributed by atoms with van der Waals surface area (Å²) in [6.45, 7) is 5.09. The Morgan fingerprint density at radius 1 is 1.17 bits per heavy atom. The van der Waals surface area contributed by atoms with Crippen molar-refractivity contribution in [3.63, 3.8) is 0 Å². The van der Waals surface area contributed by atoms with Gasteiger partial charge in [0.15, 0.2) is 0 Å². The van der Waals surface area contributed by atoms with E-state index in [4.69, 9.17) is 9.26 Å². The summed E-state index contributed by atoms with van der Waals surface area (Å²) < 4.78 is 10.4. The molecule has 0 N–H and O–H groups in total. The summed E-state index contributed by atoms with van der Waals surface area (Å²) >= 11 is 0. The Hall–Kier alpha value is -3.29. The summed E-state index contributed by atoms with van der Waals surface area (Å²) in [5.74, 6) is 1.33. The normalized spacial score (nSPS) is 14.8. The highest BCUT2D eigenvalue weighted by Crippen LogP contribution is 2.30. The highest BCUT2D eigenvalue weighted by atomic mass is 16.5. The van der Waals surface area contributed by atoms with Gasteiger partial charge in [-0.05, 0) is 38.8 Å². The van der Waals surface area contributed by atoms with Crippen molar-refractivity contribution in [3.05, 3.63) is 53.4 Å². The van der Waals surface area contributed by atoms with Crippen LogP contribution >= 0.6 is 0 Å². The SMILES string of the molecule is COc1ncccc1C(=O)N1CCC(c2cnc(-c3c(C)noc3C)cn2)CC1. The molecule has 0 aliphatic carbocycles. The first kappa shape index (κ1) is 19.0. The number of carbonyl (C=O) groups is 1. The molecule has 0 atom stereocenters. The fourth-order valence-corrected chi connectivity index (χ4v) is 3.79. The average molecular weight is 393 g/mol. The lowest BCUT2D eigenvalue weighted by Gasteiger charge is -2.31. The molecule has 1 aliphatic heterocycles. The third-order valence-electron chi connectivity index (χ3n) is 5.36. The zero-order valence-electron chi connectivity index (χ0n) is 16.8. The lowest BCUT2D eigenvalue weighted by atomic mass is 9.93. The van der Waals surface area contributed by atoms with Crippen LogP contribution in [-0.2, 0) is 0 Å². The standard InChI is InChI=1S/C21H23N5O3/c1-13-19(14(2)29-25-13)18-12-23-17(11-24-18)15-6-9-26(10-7-15)21(27)16-5-4-8-22-20(16)28-3/h4-5,8,11-12,15H,6-7,9-10H2,1-3H3. The molecule has 29 heavy (non-hydrogen) atoms. The Bertz CT molecular complexity index is 988. The van der Waals surface area contributed by atoms with Crippen LogP contribution in [0.1, 0.15) is 46.3 Å². The largest absolute Gasteiger partial charge is 0.480 e. The number of aryl methyl sites for hydroxylation is 2. The molecule has 8 heteroatoms. The minimum absolute atomic E-state index is 0.0479. The fraction of sp³-hybridized carbons (Fsp3) is 0.381. The van der Waals surface area contributed by atoms with Crippen molar-refractivity contribution in [2.75, 3.05) is 20.2 Å². The Balaban J connectivity index is 1.43. The van der Waals surface area contributed by atoms with Crippen LogP contribution in [0.2, 0.25) is 0 Å². The molecule has 1 fully saturated rings. The second kappa shape index (κ2) is 7.98. The van der Waals surface area contributed by atoms with Crippen LogP contribution in [0.15, 0.2) is 35.2 Å². The predicted octanol–water partition coefficient (Wildman–Crippen LogP) is 3.17. The first-order valence-corrected chi connectivity index (χ1v) is 9.62. The van der Waals surface area contributed by atoms with Gasteiger partial charge in [0.1, 0.15) is 11.3 Å². The van der Waals surface area contributed by atoms with Crippen molar-refractivity contribution >= 4 is 5.91 Å². The van der Waals surface area contributed by atoms with Crippen molar-refractivity contribution in [1.29, 1.82) is 0 Å². The molecule has 8 nitrogen and oxygen atoms in total. The van der Waals surface area contributed by atoms with Gasteiger partial charge in [0.25, 0.3) is 5.91 Å². The monoisotopic (exact) mass is 393 g/mol. The first-order valence-electron chi connectivity index (χ1n) is 9.62. The molecular formula is C21H23N5O3. The predicted molar refractivity (Wildman–Crippen MR) is 106 cm³/mol. The lowest BCUT2D eigenvalue weighted by Crippen LogP contribution is -2.38. The van der Waals surface area contributed by atoms with Gasteiger partial charge in [0, 0.05) is 31.4 Å². The number of pyridine rings is 1. The van der Waals surface area contributed by atoms with E-state index in [9.17, 15) is 4.79 Å². The molecular weight excluding hydrogens is 370 g/mol. The highest BCUT2D eigenvalue weighted by Gasteiger charge is 2.27. The van der Waals surface area contributed by atoms with Crippen molar-refractivity contribution < 1.29 is 14.1 Å². The van der Waals surface area contributed by atoms with Crippen molar-refractivity contribution in [1.82, 2.24) is 25.0 Å². The van der Waals surface area contributed by atoms with E-state index in [1.807, 2.05) is 24.9 Å². The highest BCUT2D eigenvalue weighted by molar-refractivity contribution is 5.96. The van der Waals surface area contributed by atoms with Gasteiger partial charge in [-0.2, -0.15) is 0 Å². The van der Waals surface area contributed by atoms with Crippen LogP contribution in [0.3, 0.4) is 0 Å². The van der Waals surface area contributed by atoms with Gasteiger partial charge in [-0.25, -0.2) is 4.98 Å². The Labute approximate surface area is 168 Å². The van der Waals surface area contributed by atoms with E-state index in [1.54, 1.807) is 24.5 Å². The van der Waals surface area contributed by atoms with E-state index in [0.29, 0.717) is 24.5 Å². The van der Waals surface area contributed by atoms with Crippen LogP contribution < -0.4 is 4.74 Å². The number of nitrogens with zero attached hydrogens (tertiary/aromatic N) is 5. The molecule has 4 heterocycles. The minimum Gasteiger partial charge on any atom is -0.480 e. The third-order valence-corrected chi connectivity index (χ3v) is 5.36. The molecule has 4 rings (SSSR count). The Kier molecular flexibility index (Phi) is 5.24. The van der Waals surface area contributed by atoms with Crippen LogP contribution in [-0.4, -0.2) is 51.1 Å². The molecule has 1 saturated heterocycles. The first-order chi connectivity index (χ1) is 14.1. The maximum absolute atomic E-state index is 12.8. The number of methoxy groups -OCH3 is 1. The number of ether oxygens (including phenoxy) is 1. The second-order valence-corrected chi connectivity index (χ2v) is 7.15. The van der Waals surface area contributed by atoms with Gasteiger partial charge in [-0.1, -0.05) is 5.16 Å². The summed E-state index contributed by atoms with van der Waals surface area (Å²) in [7, 11) is 1.52. The van der Waals surface area contributed by atoms with E-state index in [0.717, 1.165) is 41.2 Å². The van der Waals surface area contributed by atoms with Gasteiger partial charge in [-0.15, -0.1) is 0 Å². The maximum Gasteiger partial charge on any atom is 0.259 e. The number of amides is 1. The van der Waals surface area contributed by atoms with Gasteiger partial charge in [-0.3, -0.25) is 14.8 Å². The van der Waals surface area contributed by atoms with Crippen molar-refractivity contribution in [2.24, 2.45) is 0 Å². The summed E-state index contributed by atoms with van der Waals surface area (Å²) in [6, 6.07) is 3.50. The lowest BCUT2D eigenvalue weighted by molar-refractivity contribution is 0.0708. The quantitative estimate of drug-likeness (QED) is 0.672. The topological polar surface area (TPSA) is 94.2 Å². The smallest absolute Gasteiger partial charge is 0.259 e. The van der Waals surface area contributed by atoms with Gasteiger partial charge in [0.2, 0.25) is 5.88 Å². The number of piperidine rings is 1. The number of hydrogen-bond donors (Lipinski definition) is 0. The average Bonchev–Trinajstić information content (AvgIpc) is 3.11. The molecule has 3 aromatic heterocycles. The van der Waals surface area contributed by atoms with E-state index in [2.05, 4.69) is 20.1 Å². The van der Waals surface area contributed by atoms with E-state index < -0.39 is 0 Å². The molecule has 0 unspecified atom stereocenters. The zero-order valence-corrected chi connectivity index (χ0v) is 16.8. The third kappa shape index (κ3) is 3.70. The fourth-order valence-electron chi connectivity index (χ4n) is 3.79. The number of aromatic nitrogens is 4. The summed E-state index contributed by atoms with van der Waals surface area (Å²) in [4.78, 5) is 28.0. The van der Waals surface area contributed by atoms with Crippen molar-refractivity contribution in [2.45, 2.75) is 32.6 Å². The minimum atomic E-state index is -0.0479. The molecule has 1 aliphatic rings. The molecule has 0 radical (unpaired) electrons. The van der Waals surface area contributed by atoms with Crippen LogP contribution in [0.25, 0.3) is 11.3 Å². The number of carbonyl (C=O) groups excluding carboxylic acids is 1. The summed E-state index contributed by atoms with van der Waals surface area (Å²) in [5.41, 5.74) is 3.92. The molecule has 0 spiro atoms. The van der Waals surface area contributed by atoms with Crippen molar-refractivity contribution in [3.8, 4) is 17.1 Å². The molecule has 150 valence electrons. The maximum atomic E-state index is 12.8. The Morgan fingerprint density at radius 2 is 1.97 bits per heavy atom. The summed E-state index contributed by atoms with van der Waals surface area (Å²) in [6.07, 6.45) is 6.90. The molecule has 0 aromatic carbocycles. The number of likely N-dealkylation sites (tertiary alicyclic amines) is 1. The second-order valence-electron chi connectivity index (χ2n) is 7.15. The molecule has 0 bridgehead atoms. The van der Waals surface area contributed by atoms with Gasteiger partial charge in [0.05, 0.1) is 36.0 Å². The molecule has 3 aromatic rings. The molecule has 0 saturated carbocycles. The number of rotatable bonds is 4. The van der Waals surface area contributed by atoms with Crippen LogP contribution in [0, 0.1) is 13.8 Å². The molecule has 1 amide bonds. The van der Waals surface area contributed by atoms with E-state index >= 15 is 0 Å². The van der Waals surface area contributed by atoms with Crippen LogP contribution in [0.5, 0.6) is 5.88 Å². The van der Waals surface area contributed by atoms with Gasteiger partial charge < -0.3 is 14.2 Å². The number of hydrogen-bond acceptors (Lipinski definition) is 7. The zero-order chi connectivity index (χ0) is 20.4. The van der Waals surface area contributed by atoms with Gasteiger partial charge >= 0.3 is 0 Å². The summed E-state index contributed by atoms with van der Waals surface area (Å²) in [5, 5.41) is 3.97. The Morgan fingerprint density at radius 3 is 2.59 bits per heavy atom.